The molecule has 1 unspecified atom stereocenters. The fourth-order valence-electron chi connectivity index (χ4n) is 3.17. The van der Waals surface area contributed by atoms with Crippen molar-refractivity contribution in [1.82, 2.24) is 5.32 Å². The second kappa shape index (κ2) is 8.74. The van der Waals surface area contributed by atoms with E-state index in [0.717, 1.165) is 11.8 Å². The third-order valence-corrected chi connectivity index (χ3v) is 5.40. The van der Waals surface area contributed by atoms with E-state index in [1.54, 1.807) is 0 Å². The number of rotatable bonds is 8. The molecule has 1 fully saturated rings. The van der Waals surface area contributed by atoms with Gasteiger partial charge >= 0.3 is 0 Å². The summed E-state index contributed by atoms with van der Waals surface area (Å²) in [4.78, 5) is 1.41. The molecule has 1 nitrogen and oxygen atoms in total. The highest BCUT2D eigenvalue weighted by Crippen LogP contribution is 2.34. The summed E-state index contributed by atoms with van der Waals surface area (Å²) < 4.78 is 0. The SMILES string of the molecule is CC(C)NCC(CCSc1ccccc1)C1CCCC1. The fourth-order valence-corrected chi connectivity index (χ4v) is 4.17. The molecule has 0 radical (unpaired) electrons. The van der Waals surface area contributed by atoms with Crippen LogP contribution in [-0.2, 0) is 0 Å². The minimum atomic E-state index is 0.612. The van der Waals surface area contributed by atoms with Gasteiger partial charge in [-0.05, 0) is 42.7 Å². The van der Waals surface area contributed by atoms with Gasteiger partial charge in [-0.3, -0.25) is 0 Å². The van der Waals surface area contributed by atoms with Crippen LogP contribution < -0.4 is 5.32 Å². The largest absolute Gasteiger partial charge is 0.314 e. The number of nitrogens with one attached hydrogen (secondary N) is 1. The summed E-state index contributed by atoms with van der Waals surface area (Å²) in [6, 6.07) is 11.4. The molecular weight excluding hydrogens is 262 g/mol. The lowest BCUT2D eigenvalue weighted by atomic mass is 9.88. The average Bonchev–Trinajstić information content (AvgIpc) is 2.97. The number of hydrogen-bond acceptors (Lipinski definition) is 2. The summed E-state index contributed by atoms with van der Waals surface area (Å²) in [6.07, 6.45) is 7.17. The maximum Gasteiger partial charge on any atom is 0.00719 e. The average molecular weight is 292 g/mol. The Hall–Kier alpha value is -0.470. The molecule has 1 N–H and O–H groups in total. The first-order chi connectivity index (χ1) is 9.75. The highest BCUT2D eigenvalue weighted by Gasteiger charge is 2.24. The topological polar surface area (TPSA) is 12.0 Å². The summed E-state index contributed by atoms with van der Waals surface area (Å²) in [5.41, 5.74) is 0. The van der Waals surface area contributed by atoms with Crippen molar-refractivity contribution in [2.75, 3.05) is 12.3 Å². The summed E-state index contributed by atoms with van der Waals surface area (Å²) in [7, 11) is 0. The number of hydrogen-bond donors (Lipinski definition) is 1. The molecule has 112 valence electrons. The predicted octanol–water partition coefficient (Wildman–Crippen LogP) is 4.97. The van der Waals surface area contributed by atoms with Gasteiger partial charge in [-0.25, -0.2) is 0 Å². The van der Waals surface area contributed by atoms with Crippen LogP contribution in [0.4, 0.5) is 0 Å². The van der Waals surface area contributed by atoms with Crippen LogP contribution in [0.15, 0.2) is 35.2 Å². The molecule has 0 aromatic heterocycles. The molecule has 1 aliphatic carbocycles. The highest BCUT2D eigenvalue weighted by molar-refractivity contribution is 7.99. The lowest BCUT2D eigenvalue weighted by molar-refractivity contribution is 0.308. The van der Waals surface area contributed by atoms with E-state index in [4.69, 9.17) is 0 Å². The minimum Gasteiger partial charge on any atom is -0.314 e. The van der Waals surface area contributed by atoms with Gasteiger partial charge in [0.2, 0.25) is 0 Å². The fraction of sp³-hybridized carbons (Fsp3) is 0.667. The predicted molar refractivity (Wildman–Crippen MR) is 90.4 cm³/mol. The molecule has 1 aromatic rings. The van der Waals surface area contributed by atoms with Crippen molar-refractivity contribution in [3.8, 4) is 0 Å². The molecule has 20 heavy (non-hydrogen) atoms. The van der Waals surface area contributed by atoms with Crippen LogP contribution in [0.3, 0.4) is 0 Å². The standard InChI is InChI=1S/C18H29NS/c1-15(2)19-14-17(16-8-6-7-9-16)12-13-20-18-10-4-3-5-11-18/h3-5,10-11,15-17,19H,6-9,12-14H2,1-2H3. The molecule has 1 saturated carbocycles. The van der Waals surface area contributed by atoms with Crippen LogP contribution in [0.5, 0.6) is 0 Å². The Balaban J connectivity index is 1.77. The second-order valence-corrected chi connectivity index (χ2v) is 7.49. The monoisotopic (exact) mass is 291 g/mol. The van der Waals surface area contributed by atoms with E-state index in [2.05, 4.69) is 49.5 Å². The van der Waals surface area contributed by atoms with Gasteiger partial charge in [0.15, 0.2) is 0 Å². The van der Waals surface area contributed by atoms with Crippen molar-refractivity contribution in [1.29, 1.82) is 0 Å². The highest BCUT2D eigenvalue weighted by atomic mass is 32.2. The number of thioether (sulfide) groups is 1. The Morgan fingerprint density at radius 2 is 1.85 bits per heavy atom. The van der Waals surface area contributed by atoms with E-state index in [-0.39, 0.29) is 0 Å². The molecule has 0 amide bonds. The molecule has 0 bridgehead atoms. The molecule has 2 rings (SSSR count). The molecule has 1 aliphatic rings. The zero-order valence-corrected chi connectivity index (χ0v) is 13.8. The summed E-state index contributed by atoms with van der Waals surface area (Å²) in [6.45, 7) is 5.71. The van der Waals surface area contributed by atoms with Crippen LogP contribution >= 0.6 is 11.8 Å². The Morgan fingerprint density at radius 3 is 2.50 bits per heavy atom. The van der Waals surface area contributed by atoms with E-state index in [0.29, 0.717) is 6.04 Å². The van der Waals surface area contributed by atoms with Crippen LogP contribution in [-0.4, -0.2) is 18.3 Å². The number of benzene rings is 1. The quantitative estimate of drug-likeness (QED) is 0.678. The van der Waals surface area contributed by atoms with E-state index < -0.39 is 0 Å². The van der Waals surface area contributed by atoms with Gasteiger partial charge in [0.25, 0.3) is 0 Å². The van der Waals surface area contributed by atoms with Crippen molar-refractivity contribution in [3.63, 3.8) is 0 Å². The third kappa shape index (κ3) is 5.49. The minimum absolute atomic E-state index is 0.612. The zero-order valence-electron chi connectivity index (χ0n) is 13.0. The van der Waals surface area contributed by atoms with Gasteiger partial charge in [-0.15, -0.1) is 11.8 Å². The summed E-state index contributed by atoms with van der Waals surface area (Å²) in [5.74, 6) is 3.10. The zero-order chi connectivity index (χ0) is 14.2. The van der Waals surface area contributed by atoms with Crippen molar-refractivity contribution in [2.24, 2.45) is 11.8 Å². The van der Waals surface area contributed by atoms with Crippen LogP contribution in [0, 0.1) is 11.8 Å². The molecule has 0 heterocycles. The van der Waals surface area contributed by atoms with Gasteiger partial charge < -0.3 is 5.32 Å². The van der Waals surface area contributed by atoms with E-state index in [9.17, 15) is 0 Å². The van der Waals surface area contributed by atoms with Gasteiger partial charge in [0.05, 0.1) is 0 Å². The molecule has 0 aliphatic heterocycles. The lowest BCUT2D eigenvalue weighted by Gasteiger charge is -2.25. The van der Waals surface area contributed by atoms with E-state index >= 15 is 0 Å². The van der Waals surface area contributed by atoms with Gasteiger partial charge in [-0.2, -0.15) is 0 Å². The van der Waals surface area contributed by atoms with Crippen molar-refractivity contribution in [2.45, 2.75) is 56.9 Å². The smallest absolute Gasteiger partial charge is 0.00719 e. The molecular formula is C18H29NS. The van der Waals surface area contributed by atoms with Gasteiger partial charge in [-0.1, -0.05) is 57.7 Å². The Morgan fingerprint density at radius 1 is 1.15 bits per heavy atom. The molecule has 1 atom stereocenters. The van der Waals surface area contributed by atoms with Crippen molar-refractivity contribution >= 4 is 11.8 Å². The maximum atomic E-state index is 3.66. The second-order valence-electron chi connectivity index (χ2n) is 6.32. The van der Waals surface area contributed by atoms with Crippen molar-refractivity contribution in [3.05, 3.63) is 30.3 Å². The van der Waals surface area contributed by atoms with Gasteiger partial charge in [0.1, 0.15) is 0 Å². The van der Waals surface area contributed by atoms with E-state index in [1.807, 2.05) is 11.8 Å². The molecule has 2 heteroatoms. The summed E-state index contributed by atoms with van der Waals surface area (Å²) in [5, 5.41) is 3.66. The first-order valence-corrected chi connectivity index (χ1v) is 9.15. The summed E-state index contributed by atoms with van der Waals surface area (Å²) >= 11 is 2.01. The first-order valence-electron chi connectivity index (χ1n) is 8.17. The molecule has 1 aromatic carbocycles. The maximum absolute atomic E-state index is 3.66. The third-order valence-electron chi connectivity index (χ3n) is 4.36. The van der Waals surface area contributed by atoms with Gasteiger partial charge in [0, 0.05) is 10.9 Å². The Labute approximate surface area is 128 Å². The first kappa shape index (κ1) is 15.9. The lowest BCUT2D eigenvalue weighted by Crippen LogP contribution is -2.32. The molecule has 0 saturated heterocycles. The Bertz CT molecular complexity index is 357. The van der Waals surface area contributed by atoms with Crippen LogP contribution in [0.1, 0.15) is 46.0 Å². The van der Waals surface area contributed by atoms with Crippen molar-refractivity contribution < 1.29 is 0 Å². The van der Waals surface area contributed by atoms with Crippen LogP contribution in [0.2, 0.25) is 0 Å². The van der Waals surface area contributed by atoms with E-state index in [1.165, 1.54) is 49.3 Å². The Kier molecular flexibility index (Phi) is 6.95. The van der Waals surface area contributed by atoms with Crippen LogP contribution in [0.25, 0.3) is 0 Å². The normalized spacial score (nSPS) is 17.8. The molecule has 0 spiro atoms.